The first-order chi connectivity index (χ1) is 9.53. The number of nitrogens with one attached hydrogen (secondary N) is 1. The van der Waals surface area contributed by atoms with Crippen molar-refractivity contribution in [1.82, 2.24) is 0 Å². The van der Waals surface area contributed by atoms with Crippen molar-refractivity contribution in [1.29, 1.82) is 0 Å². The standard InChI is InChI=1S/C14H10N2O4/c17-13-14(18,9-4-2-1-3-5-9)11-8-10(16(19)20)6-7-12(11)15-13/h1-8,18H,(H,15,17)/t14-/m0/s1. The maximum atomic E-state index is 12.1. The molecular formula is C14H10N2O4. The molecule has 2 aromatic carbocycles. The van der Waals surface area contributed by atoms with Crippen LogP contribution in [0.2, 0.25) is 0 Å². The van der Waals surface area contributed by atoms with Gasteiger partial charge in [-0.05, 0) is 11.6 Å². The molecule has 0 saturated heterocycles. The number of nitro benzene ring substituents is 1. The number of carbonyl (C=O) groups is 1. The van der Waals surface area contributed by atoms with Crippen LogP contribution in [0.1, 0.15) is 11.1 Å². The highest BCUT2D eigenvalue weighted by Crippen LogP contribution is 2.42. The average Bonchev–Trinajstić information content (AvgIpc) is 2.72. The molecule has 1 atom stereocenters. The Morgan fingerprint density at radius 1 is 1.15 bits per heavy atom. The van der Waals surface area contributed by atoms with Crippen molar-refractivity contribution in [2.45, 2.75) is 5.60 Å². The van der Waals surface area contributed by atoms with Crippen molar-refractivity contribution in [3.05, 3.63) is 69.8 Å². The number of rotatable bonds is 2. The second-order valence-corrected chi connectivity index (χ2v) is 4.52. The Hall–Kier alpha value is -2.73. The molecule has 2 N–H and O–H groups in total. The summed E-state index contributed by atoms with van der Waals surface area (Å²) in [5, 5.41) is 24.1. The van der Waals surface area contributed by atoms with Gasteiger partial charge in [0.1, 0.15) is 0 Å². The van der Waals surface area contributed by atoms with E-state index in [1.54, 1.807) is 30.3 Å². The predicted octanol–water partition coefficient (Wildman–Crippen LogP) is 1.78. The molecule has 0 spiro atoms. The van der Waals surface area contributed by atoms with Gasteiger partial charge in [-0.3, -0.25) is 14.9 Å². The van der Waals surface area contributed by atoms with Crippen molar-refractivity contribution in [3.8, 4) is 0 Å². The number of anilines is 1. The van der Waals surface area contributed by atoms with Crippen LogP contribution in [-0.2, 0) is 10.4 Å². The first-order valence-electron chi connectivity index (χ1n) is 5.92. The molecule has 6 nitrogen and oxygen atoms in total. The van der Waals surface area contributed by atoms with Gasteiger partial charge >= 0.3 is 0 Å². The number of non-ortho nitro benzene ring substituents is 1. The zero-order valence-corrected chi connectivity index (χ0v) is 10.2. The first-order valence-corrected chi connectivity index (χ1v) is 5.92. The van der Waals surface area contributed by atoms with Crippen LogP contribution in [0.15, 0.2) is 48.5 Å². The number of hydrogen-bond donors (Lipinski definition) is 2. The molecular weight excluding hydrogens is 260 g/mol. The van der Waals surface area contributed by atoms with Crippen LogP contribution in [-0.4, -0.2) is 15.9 Å². The molecule has 0 bridgehead atoms. The molecule has 2 aromatic rings. The molecule has 1 heterocycles. The monoisotopic (exact) mass is 270 g/mol. The molecule has 20 heavy (non-hydrogen) atoms. The fourth-order valence-corrected chi connectivity index (χ4v) is 2.36. The van der Waals surface area contributed by atoms with Gasteiger partial charge in [0.05, 0.1) is 4.92 Å². The van der Waals surface area contributed by atoms with E-state index in [2.05, 4.69) is 5.32 Å². The SMILES string of the molecule is O=C1Nc2ccc([N+](=O)[O-])cc2[C@@]1(O)c1ccccc1. The third-order valence-corrected chi connectivity index (χ3v) is 3.37. The molecule has 100 valence electrons. The number of aliphatic hydroxyl groups is 1. The third-order valence-electron chi connectivity index (χ3n) is 3.37. The van der Waals surface area contributed by atoms with Gasteiger partial charge in [0.2, 0.25) is 0 Å². The molecule has 0 unspecified atom stereocenters. The summed E-state index contributed by atoms with van der Waals surface area (Å²) < 4.78 is 0. The lowest BCUT2D eigenvalue weighted by Gasteiger charge is -2.21. The molecule has 0 aliphatic carbocycles. The molecule has 6 heteroatoms. The Bertz CT molecular complexity index is 714. The Kier molecular flexibility index (Phi) is 2.55. The van der Waals surface area contributed by atoms with Gasteiger partial charge in [0.25, 0.3) is 11.6 Å². The van der Waals surface area contributed by atoms with E-state index in [-0.39, 0.29) is 11.3 Å². The summed E-state index contributed by atoms with van der Waals surface area (Å²) in [7, 11) is 0. The van der Waals surface area contributed by atoms with Crippen molar-refractivity contribution in [2.24, 2.45) is 0 Å². The maximum Gasteiger partial charge on any atom is 0.269 e. The van der Waals surface area contributed by atoms with Crippen molar-refractivity contribution in [2.75, 3.05) is 5.32 Å². The van der Waals surface area contributed by atoms with Crippen LogP contribution in [0.5, 0.6) is 0 Å². The highest BCUT2D eigenvalue weighted by Gasteiger charge is 2.47. The van der Waals surface area contributed by atoms with Gasteiger partial charge in [0, 0.05) is 23.4 Å². The van der Waals surface area contributed by atoms with Crippen LogP contribution in [0, 0.1) is 10.1 Å². The van der Waals surface area contributed by atoms with Gasteiger partial charge in [-0.15, -0.1) is 0 Å². The van der Waals surface area contributed by atoms with Crippen LogP contribution in [0.4, 0.5) is 11.4 Å². The van der Waals surface area contributed by atoms with Gasteiger partial charge in [-0.25, -0.2) is 0 Å². The number of nitro groups is 1. The summed E-state index contributed by atoms with van der Waals surface area (Å²) in [6, 6.07) is 12.3. The lowest BCUT2D eigenvalue weighted by Crippen LogP contribution is -2.35. The summed E-state index contributed by atoms with van der Waals surface area (Å²) in [5.74, 6) is -0.612. The molecule has 0 aromatic heterocycles. The Morgan fingerprint density at radius 3 is 2.50 bits per heavy atom. The second-order valence-electron chi connectivity index (χ2n) is 4.52. The molecule has 1 amide bonds. The van der Waals surface area contributed by atoms with E-state index in [0.717, 1.165) is 0 Å². The van der Waals surface area contributed by atoms with Crippen LogP contribution >= 0.6 is 0 Å². The minimum atomic E-state index is -1.90. The lowest BCUT2D eigenvalue weighted by molar-refractivity contribution is -0.385. The van der Waals surface area contributed by atoms with Gasteiger partial charge in [0.15, 0.2) is 5.60 Å². The van der Waals surface area contributed by atoms with E-state index in [1.165, 1.54) is 18.2 Å². The third kappa shape index (κ3) is 1.59. The normalized spacial score (nSPS) is 20.4. The average molecular weight is 270 g/mol. The zero-order chi connectivity index (χ0) is 14.3. The van der Waals surface area contributed by atoms with Gasteiger partial charge in [-0.2, -0.15) is 0 Å². The van der Waals surface area contributed by atoms with Crippen LogP contribution in [0.25, 0.3) is 0 Å². The predicted molar refractivity (Wildman–Crippen MR) is 71.2 cm³/mol. The highest BCUT2D eigenvalue weighted by atomic mass is 16.6. The van der Waals surface area contributed by atoms with Gasteiger partial charge in [-0.1, -0.05) is 30.3 Å². The van der Waals surface area contributed by atoms with Crippen molar-refractivity contribution < 1.29 is 14.8 Å². The van der Waals surface area contributed by atoms with Crippen LogP contribution < -0.4 is 5.32 Å². The van der Waals surface area contributed by atoms with Gasteiger partial charge < -0.3 is 10.4 Å². The minimum absolute atomic E-state index is 0.172. The summed E-state index contributed by atoms with van der Waals surface area (Å²) in [6.07, 6.45) is 0. The zero-order valence-electron chi connectivity index (χ0n) is 10.2. The second kappa shape index (κ2) is 4.14. The summed E-state index contributed by atoms with van der Waals surface area (Å²) in [5.41, 5.74) is -1.12. The van der Waals surface area contributed by atoms with E-state index in [0.29, 0.717) is 11.3 Å². The van der Waals surface area contributed by atoms with E-state index < -0.39 is 16.4 Å². The highest BCUT2D eigenvalue weighted by molar-refractivity contribution is 6.07. The molecule has 3 rings (SSSR count). The molecule has 0 radical (unpaired) electrons. The fraction of sp³-hybridized carbons (Fsp3) is 0.0714. The number of fused-ring (bicyclic) bond motifs is 1. The van der Waals surface area contributed by atoms with Crippen molar-refractivity contribution in [3.63, 3.8) is 0 Å². The number of nitrogens with zero attached hydrogens (tertiary/aromatic N) is 1. The topological polar surface area (TPSA) is 92.5 Å². The van der Waals surface area contributed by atoms with E-state index in [1.807, 2.05) is 0 Å². The smallest absolute Gasteiger partial charge is 0.269 e. The Morgan fingerprint density at radius 2 is 1.85 bits per heavy atom. The summed E-state index contributed by atoms with van der Waals surface area (Å²) >= 11 is 0. The molecule has 1 aliphatic heterocycles. The first kappa shape index (κ1) is 12.3. The van der Waals surface area contributed by atoms with E-state index in [4.69, 9.17) is 0 Å². The van der Waals surface area contributed by atoms with E-state index in [9.17, 15) is 20.0 Å². The minimum Gasteiger partial charge on any atom is -0.372 e. The largest absolute Gasteiger partial charge is 0.372 e. The Balaban J connectivity index is 2.23. The van der Waals surface area contributed by atoms with E-state index >= 15 is 0 Å². The van der Waals surface area contributed by atoms with Crippen molar-refractivity contribution >= 4 is 17.3 Å². The maximum absolute atomic E-state index is 12.1. The summed E-state index contributed by atoms with van der Waals surface area (Å²) in [6.45, 7) is 0. The number of hydrogen-bond acceptors (Lipinski definition) is 4. The fourth-order valence-electron chi connectivity index (χ4n) is 2.36. The summed E-state index contributed by atoms with van der Waals surface area (Å²) in [4.78, 5) is 22.4. The number of carbonyl (C=O) groups excluding carboxylic acids is 1. The molecule has 0 saturated carbocycles. The molecule has 1 aliphatic rings. The molecule has 0 fully saturated rings. The lowest BCUT2D eigenvalue weighted by atomic mass is 9.87. The Labute approximate surface area is 113 Å². The van der Waals surface area contributed by atoms with Crippen LogP contribution in [0.3, 0.4) is 0 Å². The number of amides is 1. The quantitative estimate of drug-likeness (QED) is 0.642. The number of benzene rings is 2.